The first-order chi connectivity index (χ1) is 9.07. The van der Waals surface area contributed by atoms with E-state index < -0.39 is 49.3 Å². The maximum atomic E-state index is 9.86. The first-order valence-corrected chi connectivity index (χ1v) is 5.12. The molecular weight excluding hydrogens is 328 g/mol. The summed E-state index contributed by atoms with van der Waals surface area (Å²) in [7, 11) is 0. The van der Waals surface area contributed by atoms with E-state index >= 15 is 0 Å². The molecule has 0 amide bonds. The molecule has 10 nitrogen and oxygen atoms in total. The van der Waals surface area contributed by atoms with Crippen LogP contribution in [0, 0.1) is 0 Å². The third-order valence-electron chi connectivity index (χ3n) is 1.57. The van der Waals surface area contributed by atoms with Crippen LogP contribution >= 0.6 is 0 Å². The van der Waals surface area contributed by atoms with Crippen molar-refractivity contribution in [2.24, 2.45) is 0 Å². The zero-order chi connectivity index (χ0) is 16.3. The molecule has 0 spiro atoms. The smallest absolute Gasteiger partial charge is 0.548 e. The van der Waals surface area contributed by atoms with Gasteiger partial charge in [-0.1, -0.05) is 0 Å². The molecule has 0 radical (unpaired) electrons. The molecule has 2 atom stereocenters. The number of carboxylic acids is 4. The van der Waals surface area contributed by atoms with Gasteiger partial charge >= 0.3 is 21.7 Å². The Morgan fingerprint density at radius 1 is 0.762 bits per heavy atom. The molecule has 116 valence electrons. The summed E-state index contributed by atoms with van der Waals surface area (Å²) >= 11 is 0. The quantitative estimate of drug-likeness (QED) is 0.386. The van der Waals surface area contributed by atoms with Crippen molar-refractivity contribution in [1.82, 2.24) is 0 Å². The summed E-state index contributed by atoms with van der Waals surface area (Å²) in [6.07, 6.45) is -2.42. The molecule has 0 fully saturated rings. The molecule has 0 aromatic rings. The third-order valence-corrected chi connectivity index (χ3v) is 1.57. The van der Waals surface area contributed by atoms with Gasteiger partial charge in [-0.2, -0.15) is 0 Å². The van der Waals surface area contributed by atoms with Crippen LogP contribution in [0.15, 0.2) is 0 Å². The number of carbonyl (C=O) groups is 4. The number of carbonyl (C=O) groups excluding carboxylic acids is 4. The summed E-state index contributed by atoms with van der Waals surface area (Å²) in [4.78, 5) is 39.1. The van der Waals surface area contributed by atoms with E-state index in [1.165, 1.54) is 13.8 Å². The van der Waals surface area contributed by atoms with Crippen LogP contribution in [0.2, 0.25) is 0 Å². The predicted molar refractivity (Wildman–Crippen MR) is 50.9 cm³/mol. The molecule has 0 aliphatic carbocycles. The molecule has 0 saturated heterocycles. The third kappa shape index (κ3) is 18.5. The summed E-state index contributed by atoms with van der Waals surface area (Å²) in [5, 5.41) is 39.1. The summed E-state index contributed by atoms with van der Waals surface area (Å²) in [6, 6.07) is 0. The minimum Gasteiger partial charge on any atom is -0.548 e. The Bertz CT molecular complexity index is 322. The van der Waals surface area contributed by atoms with E-state index in [9.17, 15) is 39.6 Å². The molecule has 21 heavy (non-hydrogen) atoms. The molecular formula is C10H12O10Ti. The zero-order valence-electron chi connectivity index (χ0n) is 11.2. The van der Waals surface area contributed by atoms with Crippen LogP contribution in [0.25, 0.3) is 0 Å². The Morgan fingerprint density at radius 3 is 1.14 bits per heavy atom. The average molecular weight is 340 g/mol. The largest absolute Gasteiger partial charge is 4.00 e. The van der Waals surface area contributed by atoms with E-state index in [4.69, 9.17) is 0 Å². The number of carboxylic acid groups (broad SMARTS) is 4. The fraction of sp³-hybridized carbons (Fsp3) is 0.600. The van der Waals surface area contributed by atoms with Gasteiger partial charge in [0.25, 0.3) is 0 Å². The van der Waals surface area contributed by atoms with Gasteiger partial charge in [0.1, 0.15) is 0 Å². The van der Waals surface area contributed by atoms with E-state index in [1.807, 2.05) is 0 Å². The van der Waals surface area contributed by atoms with Crippen LogP contribution < -0.4 is 20.4 Å². The van der Waals surface area contributed by atoms with E-state index in [-0.39, 0.29) is 21.7 Å². The molecule has 0 aliphatic heterocycles. The standard InChI is InChI=1S/2C5H8O5.Ti/c2*1-3(5(8)9)10-2-4(6)7;/h2*3H,2H2,1H3,(H,6,7)(H,8,9);/q;;+4/p-4. The van der Waals surface area contributed by atoms with Crippen molar-refractivity contribution >= 4 is 23.9 Å². The molecule has 0 aromatic heterocycles. The van der Waals surface area contributed by atoms with Gasteiger partial charge in [-0.15, -0.1) is 0 Å². The van der Waals surface area contributed by atoms with E-state index in [2.05, 4.69) is 9.47 Å². The Balaban J connectivity index is -0.000000295. The normalized spacial score (nSPS) is 11.9. The first-order valence-electron chi connectivity index (χ1n) is 5.12. The van der Waals surface area contributed by atoms with Crippen LogP contribution in [0.1, 0.15) is 13.8 Å². The van der Waals surface area contributed by atoms with Crippen LogP contribution in [0.3, 0.4) is 0 Å². The van der Waals surface area contributed by atoms with Gasteiger partial charge in [0.05, 0.1) is 49.3 Å². The zero-order valence-corrected chi connectivity index (χ0v) is 12.7. The molecule has 2 unspecified atom stereocenters. The minimum atomic E-state index is -1.45. The van der Waals surface area contributed by atoms with Crippen molar-refractivity contribution in [3.8, 4) is 0 Å². The van der Waals surface area contributed by atoms with Crippen molar-refractivity contribution in [1.29, 1.82) is 0 Å². The fourth-order valence-electron chi connectivity index (χ4n) is 0.522. The SMILES string of the molecule is CC(OCC(=O)[O-])C(=O)[O-].CC(OCC(=O)[O-])C(=O)[O-].[Ti+4]. The van der Waals surface area contributed by atoms with E-state index in [0.717, 1.165) is 0 Å². The van der Waals surface area contributed by atoms with Gasteiger partial charge in [0.2, 0.25) is 0 Å². The minimum absolute atomic E-state index is 0. The summed E-state index contributed by atoms with van der Waals surface area (Å²) in [5.41, 5.74) is 0. The number of rotatable bonds is 8. The second-order valence-corrected chi connectivity index (χ2v) is 3.29. The number of hydrogen-bond donors (Lipinski definition) is 0. The summed E-state index contributed by atoms with van der Waals surface area (Å²) < 4.78 is 8.48. The molecule has 0 bridgehead atoms. The molecule has 0 aromatic carbocycles. The van der Waals surface area contributed by atoms with Crippen LogP contribution in [0.4, 0.5) is 0 Å². The number of aliphatic carboxylic acids is 4. The Hall–Kier alpha value is -1.49. The van der Waals surface area contributed by atoms with Gasteiger partial charge in [-0.3, -0.25) is 0 Å². The summed E-state index contributed by atoms with van der Waals surface area (Å²) in [5.74, 6) is -5.79. The molecule has 0 aliphatic rings. The van der Waals surface area contributed by atoms with Gasteiger partial charge in [-0.05, 0) is 13.8 Å². The second-order valence-electron chi connectivity index (χ2n) is 3.29. The van der Waals surface area contributed by atoms with Crippen molar-refractivity contribution in [2.45, 2.75) is 26.1 Å². The van der Waals surface area contributed by atoms with Gasteiger partial charge in [0, 0.05) is 0 Å². The van der Waals surface area contributed by atoms with E-state index in [0.29, 0.717) is 0 Å². The fourth-order valence-corrected chi connectivity index (χ4v) is 0.522. The van der Waals surface area contributed by atoms with Crippen molar-refractivity contribution in [3.05, 3.63) is 0 Å². The maximum absolute atomic E-state index is 9.86. The molecule has 0 saturated carbocycles. The molecule has 0 heterocycles. The number of hydrogen-bond acceptors (Lipinski definition) is 10. The topological polar surface area (TPSA) is 179 Å². The maximum Gasteiger partial charge on any atom is 4.00 e. The summed E-state index contributed by atoms with van der Waals surface area (Å²) in [6.45, 7) is 0.904. The predicted octanol–water partition coefficient (Wildman–Crippen LogP) is -6.22. The van der Waals surface area contributed by atoms with Crippen molar-refractivity contribution in [3.63, 3.8) is 0 Å². The van der Waals surface area contributed by atoms with Crippen LogP contribution in [-0.4, -0.2) is 49.3 Å². The molecule has 0 N–H and O–H groups in total. The second kappa shape index (κ2) is 13.5. The van der Waals surface area contributed by atoms with Gasteiger partial charge in [-0.25, -0.2) is 0 Å². The molecule has 0 rings (SSSR count). The number of ether oxygens (including phenoxy) is 2. The Morgan fingerprint density at radius 2 is 1.00 bits per heavy atom. The van der Waals surface area contributed by atoms with E-state index in [1.54, 1.807) is 0 Å². The van der Waals surface area contributed by atoms with Gasteiger partial charge < -0.3 is 49.1 Å². The van der Waals surface area contributed by atoms with Gasteiger partial charge in [0.15, 0.2) is 0 Å². The monoisotopic (exact) mass is 340 g/mol. The first kappa shape index (κ1) is 24.5. The van der Waals surface area contributed by atoms with Crippen LogP contribution in [0.5, 0.6) is 0 Å². The van der Waals surface area contributed by atoms with Crippen molar-refractivity contribution < 1.29 is 70.8 Å². The Kier molecular flexibility index (Phi) is 15.8. The average Bonchev–Trinajstić information content (AvgIpc) is 2.33. The van der Waals surface area contributed by atoms with Crippen molar-refractivity contribution in [2.75, 3.05) is 13.2 Å². The Labute approximate surface area is 134 Å². The van der Waals surface area contributed by atoms with Crippen LogP contribution in [-0.2, 0) is 50.4 Å². The molecule has 11 heteroatoms.